The number of aromatic amines is 1. The van der Waals surface area contributed by atoms with Crippen LogP contribution >= 0.6 is 11.8 Å². The fraction of sp³-hybridized carbons (Fsp3) is 0.409. The minimum atomic E-state index is -1.01. The van der Waals surface area contributed by atoms with Gasteiger partial charge in [-0.2, -0.15) is 5.48 Å². The van der Waals surface area contributed by atoms with Crippen LogP contribution in [0.5, 0.6) is 5.75 Å². The lowest BCUT2D eigenvalue weighted by Crippen LogP contribution is -2.68. The molecule has 2 unspecified atom stereocenters. The molecule has 0 saturated carbocycles. The summed E-state index contributed by atoms with van der Waals surface area (Å²) in [6, 6.07) is 6.84. The molecular weight excluding hydrogens is 524 g/mol. The number of nitrogens with zero attached hydrogens (tertiary/aromatic N) is 4. The van der Waals surface area contributed by atoms with Crippen LogP contribution in [0.25, 0.3) is 0 Å². The molecule has 1 aromatic heterocycles. The summed E-state index contributed by atoms with van der Waals surface area (Å²) in [5.41, 5.74) is 2.93. The fourth-order valence-corrected chi connectivity index (χ4v) is 4.52. The van der Waals surface area contributed by atoms with Gasteiger partial charge in [0.1, 0.15) is 24.5 Å². The van der Waals surface area contributed by atoms with Crippen molar-refractivity contribution in [1.82, 2.24) is 31.0 Å². The fourth-order valence-electron chi connectivity index (χ4n) is 3.69. The van der Waals surface area contributed by atoms with Crippen LogP contribution in [0, 0.1) is 0 Å². The van der Waals surface area contributed by atoms with Gasteiger partial charge in [-0.1, -0.05) is 23.9 Å². The Kier molecular flexibility index (Phi) is 8.55. The van der Waals surface area contributed by atoms with Gasteiger partial charge >= 0.3 is 11.9 Å². The maximum Gasteiger partial charge on any atom is 0.379 e. The van der Waals surface area contributed by atoms with Crippen molar-refractivity contribution in [3.63, 3.8) is 0 Å². The maximum atomic E-state index is 13.0. The highest BCUT2D eigenvalue weighted by atomic mass is 32.2. The van der Waals surface area contributed by atoms with E-state index in [1.807, 2.05) is 5.48 Å². The van der Waals surface area contributed by atoms with E-state index in [0.29, 0.717) is 22.0 Å². The first kappa shape index (κ1) is 27.0. The van der Waals surface area contributed by atoms with E-state index in [0.717, 1.165) is 4.90 Å². The molecule has 2 N–H and O–H groups in total. The topological polar surface area (TPSA) is 184 Å². The molecule has 1 fully saturated rings. The number of hydrogen-bond donors (Lipinski definition) is 2. The van der Waals surface area contributed by atoms with Crippen molar-refractivity contribution in [2.45, 2.75) is 42.7 Å². The average Bonchev–Trinajstić information content (AvgIpc) is 3.43. The van der Waals surface area contributed by atoms with Gasteiger partial charge in [-0.3, -0.25) is 19.3 Å². The SMILES string of the molecule is COc1ccc(COC(=O)CC(=O)NOC(=O)C2=C(C(C)Sc3nnn[nH]3)COC3[C@@H](OC)C(=O)N23)cc1. The van der Waals surface area contributed by atoms with E-state index in [-0.39, 0.29) is 18.9 Å². The maximum absolute atomic E-state index is 13.0. The summed E-state index contributed by atoms with van der Waals surface area (Å²) in [7, 11) is 2.88. The van der Waals surface area contributed by atoms with Crippen LogP contribution in [0.15, 0.2) is 40.7 Å². The number of esters is 1. The van der Waals surface area contributed by atoms with Crippen LogP contribution in [0.2, 0.25) is 0 Å². The van der Waals surface area contributed by atoms with E-state index < -0.39 is 47.8 Å². The third-order valence-electron chi connectivity index (χ3n) is 5.62. The van der Waals surface area contributed by atoms with E-state index in [4.69, 9.17) is 23.8 Å². The van der Waals surface area contributed by atoms with Gasteiger partial charge in [-0.25, -0.2) is 9.89 Å². The number of ether oxygens (including phenoxy) is 4. The van der Waals surface area contributed by atoms with Crippen LogP contribution in [0.4, 0.5) is 0 Å². The molecule has 1 aromatic carbocycles. The second kappa shape index (κ2) is 12.0. The van der Waals surface area contributed by atoms with Crippen LogP contribution in [0.3, 0.4) is 0 Å². The largest absolute Gasteiger partial charge is 0.497 e. The van der Waals surface area contributed by atoms with Crippen molar-refractivity contribution < 1.29 is 43.0 Å². The van der Waals surface area contributed by atoms with Crippen molar-refractivity contribution in [1.29, 1.82) is 0 Å². The number of rotatable bonds is 10. The van der Waals surface area contributed by atoms with Crippen molar-refractivity contribution >= 4 is 35.5 Å². The predicted octanol–water partition coefficient (Wildman–Crippen LogP) is -0.136. The van der Waals surface area contributed by atoms with E-state index in [1.54, 1.807) is 31.2 Å². The zero-order chi connectivity index (χ0) is 27.2. The number of H-pyrrole nitrogens is 1. The Balaban J connectivity index is 1.36. The van der Waals surface area contributed by atoms with Crippen molar-refractivity contribution in [3.05, 3.63) is 41.1 Å². The lowest BCUT2D eigenvalue weighted by atomic mass is 9.99. The average molecular weight is 549 g/mol. The summed E-state index contributed by atoms with van der Waals surface area (Å²) in [6.45, 7) is 1.69. The van der Waals surface area contributed by atoms with E-state index in [1.165, 1.54) is 26.0 Å². The first-order valence-electron chi connectivity index (χ1n) is 11.2. The van der Waals surface area contributed by atoms with Gasteiger partial charge in [-0.05, 0) is 35.0 Å². The number of fused-ring (bicyclic) bond motifs is 1. The quantitative estimate of drug-likeness (QED) is 0.132. The van der Waals surface area contributed by atoms with Crippen LogP contribution < -0.4 is 10.2 Å². The summed E-state index contributed by atoms with van der Waals surface area (Å²) in [4.78, 5) is 56.0. The van der Waals surface area contributed by atoms with Crippen LogP contribution in [-0.2, 0) is 44.8 Å². The van der Waals surface area contributed by atoms with Gasteiger partial charge in [0.05, 0.1) is 13.7 Å². The summed E-state index contributed by atoms with van der Waals surface area (Å²) >= 11 is 1.19. The summed E-state index contributed by atoms with van der Waals surface area (Å²) < 4.78 is 21.0. The molecule has 38 heavy (non-hydrogen) atoms. The summed E-state index contributed by atoms with van der Waals surface area (Å²) in [5.74, 6) is -2.61. The summed E-state index contributed by atoms with van der Waals surface area (Å²) in [6.07, 6.45) is -2.40. The van der Waals surface area contributed by atoms with E-state index in [9.17, 15) is 19.2 Å². The second-order valence-corrected chi connectivity index (χ2v) is 9.34. The van der Waals surface area contributed by atoms with Gasteiger partial charge in [0.25, 0.3) is 11.8 Å². The molecule has 2 aromatic rings. The Labute approximate surface area is 220 Å². The highest BCUT2D eigenvalue weighted by molar-refractivity contribution is 7.99. The third-order valence-corrected chi connectivity index (χ3v) is 6.66. The summed E-state index contributed by atoms with van der Waals surface area (Å²) in [5, 5.41) is 13.4. The zero-order valence-corrected chi connectivity index (χ0v) is 21.4. The second-order valence-electron chi connectivity index (χ2n) is 8.01. The monoisotopic (exact) mass is 548 g/mol. The Bertz CT molecular complexity index is 1220. The number of amides is 2. The molecule has 3 atom stereocenters. The Hall–Kier alpha value is -4.02. The van der Waals surface area contributed by atoms with Gasteiger partial charge in [0.2, 0.25) is 5.16 Å². The van der Waals surface area contributed by atoms with Crippen molar-refractivity contribution in [2.24, 2.45) is 0 Å². The molecule has 2 amide bonds. The highest BCUT2D eigenvalue weighted by Gasteiger charge is 2.55. The number of hydrogen-bond acceptors (Lipinski definition) is 13. The lowest BCUT2D eigenvalue weighted by molar-refractivity contribution is -0.213. The zero-order valence-electron chi connectivity index (χ0n) is 20.5. The number of tetrazole rings is 1. The van der Waals surface area contributed by atoms with Gasteiger partial charge in [0.15, 0.2) is 12.3 Å². The van der Waals surface area contributed by atoms with Gasteiger partial charge < -0.3 is 23.8 Å². The Morgan fingerprint density at radius 2 is 2.03 bits per heavy atom. The smallest absolute Gasteiger partial charge is 0.379 e. The molecule has 0 spiro atoms. The standard InChI is InChI=1S/C22H24N6O9S/c1-11(38-22-23-26-27-24-22)14-10-36-20-18(34-3)19(31)28(20)17(14)21(32)37-25-15(29)8-16(30)35-9-12-4-6-13(33-2)7-5-12/h4-7,11,18,20H,8-10H2,1-3H3,(H,25,29)(H,23,24,26,27)/t11?,18-,20?/m0/s1. The minimum absolute atomic E-state index is 0.0138. The van der Waals surface area contributed by atoms with E-state index >= 15 is 0 Å². The Morgan fingerprint density at radius 3 is 2.68 bits per heavy atom. The number of β-lactam (4-membered cyclic amide) rings is 1. The minimum Gasteiger partial charge on any atom is -0.497 e. The molecule has 3 heterocycles. The molecule has 2 aliphatic rings. The Morgan fingerprint density at radius 1 is 1.26 bits per heavy atom. The molecule has 15 nitrogen and oxygen atoms in total. The van der Waals surface area contributed by atoms with Crippen LogP contribution in [-0.4, -0.2) is 87.7 Å². The van der Waals surface area contributed by atoms with Gasteiger partial charge in [0, 0.05) is 17.9 Å². The highest BCUT2D eigenvalue weighted by Crippen LogP contribution is 2.38. The first-order chi connectivity index (χ1) is 18.3. The van der Waals surface area contributed by atoms with Gasteiger partial charge in [-0.15, -0.1) is 5.10 Å². The molecule has 0 aliphatic carbocycles. The van der Waals surface area contributed by atoms with Crippen molar-refractivity contribution in [2.75, 3.05) is 20.8 Å². The number of benzene rings is 1. The first-order valence-corrected chi connectivity index (χ1v) is 12.1. The molecule has 2 aliphatic heterocycles. The number of methoxy groups -OCH3 is 2. The number of nitrogens with one attached hydrogen (secondary N) is 2. The van der Waals surface area contributed by atoms with E-state index in [2.05, 4.69) is 20.6 Å². The lowest BCUT2D eigenvalue weighted by Gasteiger charge is -2.49. The number of hydroxylamine groups is 1. The number of thioether (sulfide) groups is 1. The normalized spacial score (nSPS) is 19.2. The predicted molar refractivity (Wildman–Crippen MR) is 126 cm³/mol. The number of carbonyl (C=O) groups is 4. The molecule has 4 rings (SSSR count). The van der Waals surface area contributed by atoms with Crippen molar-refractivity contribution in [3.8, 4) is 5.75 Å². The molecule has 1 saturated heterocycles. The third kappa shape index (κ3) is 5.92. The molecule has 0 bridgehead atoms. The van der Waals surface area contributed by atoms with Crippen LogP contribution in [0.1, 0.15) is 18.9 Å². The molecule has 0 radical (unpaired) electrons. The molecular formula is C22H24N6O9S. The number of aromatic nitrogens is 4. The number of carbonyl (C=O) groups excluding carboxylic acids is 4. The molecule has 16 heteroatoms. The molecule has 202 valence electrons.